The Balaban J connectivity index is 3.15. The van der Waals surface area contributed by atoms with Crippen molar-refractivity contribution >= 4 is 11.9 Å². The first-order chi connectivity index (χ1) is 10.4. The van der Waals surface area contributed by atoms with Crippen LogP contribution in [0.2, 0.25) is 0 Å². The van der Waals surface area contributed by atoms with Gasteiger partial charge in [-0.3, -0.25) is 10.1 Å². The SMILES string of the molecule is CNC(=O)NC(NC(=O)C1CCCCC1)(C(F)(F)F)C(F)(F)F. The van der Waals surface area contributed by atoms with Gasteiger partial charge >= 0.3 is 24.0 Å². The second-order valence-electron chi connectivity index (χ2n) is 5.27. The summed E-state index contributed by atoms with van der Waals surface area (Å²) in [7, 11) is 0.857. The summed E-state index contributed by atoms with van der Waals surface area (Å²) in [5.41, 5.74) is -4.84. The maximum atomic E-state index is 13.1. The van der Waals surface area contributed by atoms with Gasteiger partial charge in [-0.25, -0.2) is 4.79 Å². The molecule has 0 atom stereocenters. The van der Waals surface area contributed by atoms with Crippen molar-refractivity contribution in [1.29, 1.82) is 0 Å². The van der Waals surface area contributed by atoms with Gasteiger partial charge in [0.15, 0.2) is 0 Å². The van der Waals surface area contributed by atoms with Crippen LogP contribution in [-0.2, 0) is 4.79 Å². The minimum Gasteiger partial charge on any atom is -0.341 e. The lowest BCUT2D eigenvalue weighted by Crippen LogP contribution is -2.77. The smallest absolute Gasteiger partial charge is 0.341 e. The van der Waals surface area contributed by atoms with Gasteiger partial charge in [-0.2, -0.15) is 26.3 Å². The van der Waals surface area contributed by atoms with Gasteiger partial charge in [0.25, 0.3) is 0 Å². The molecule has 0 saturated heterocycles. The third-order valence-electron chi connectivity index (χ3n) is 3.67. The van der Waals surface area contributed by atoms with Crippen LogP contribution in [-0.4, -0.2) is 37.0 Å². The maximum absolute atomic E-state index is 13.1. The first kappa shape index (κ1) is 19.4. The number of nitrogens with one attached hydrogen (secondary N) is 3. The summed E-state index contributed by atoms with van der Waals surface area (Å²) >= 11 is 0. The molecular weight excluding hydrogens is 332 g/mol. The second-order valence-corrected chi connectivity index (χ2v) is 5.27. The molecule has 0 radical (unpaired) electrons. The van der Waals surface area contributed by atoms with Crippen molar-refractivity contribution in [2.45, 2.75) is 50.1 Å². The quantitative estimate of drug-likeness (QED) is 0.541. The standard InChI is InChI=1S/C12H17F6N3O2/c1-19-9(23)21-10(11(13,14)15,12(16,17)18)20-8(22)7-5-3-2-4-6-7/h7H,2-6H2,1H3,(H,20,22)(H2,19,21,23). The third kappa shape index (κ3) is 4.20. The number of carbonyl (C=O) groups excluding carboxylic acids is 2. The molecule has 1 saturated carbocycles. The van der Waals surface area contributed by atoms with E-state index >= 15 is 0 Å². The highest BCUT2D eigenvalue weighted by atomic mass is 19.4. The average Bonchev–Trinajstić information content (AvgIpc) is 2.44. The highest BCUT2D eigenvalue weighted by Crippen LogP contribution is 2.41. The largest absolute Gasteiger partial charge is 0.439 e. The number of hydrogen-bond acceptors (Lipinski definition) is 2. The van der Waals surface area contributed by atoms with Crippen LogP contribution in [0.15, 0.2) is 0 Å². The molecule has 3 N–H and O–H groups in total. The van der Waals surface area contributed by atoms with Crippen LogP contribution >= 0.6 is 0 Å². The first-order valence-corrected chi connectivity index (χ1v) is 6.90. The zero-order valence-corrected chi connectivity index (χ0v) is 12.2. The van der Waals surface area contributed by atoms with E-state index in [1.165, 1.54) is 0 Å². The normalized spacial score (nSPS) is 17.5. The van der Waals surface area contributed by atoms with Crippen molar-refractivity contribution in [1.82, 2.24) is 16.0 Å². The molecule has 0 bridgehead atoms. The Morgan fingerprint density at radius 2 is 1.35 bits per heavy atom. The molecule has 5 nitrogen and oxygen atoms in total. The lowest BCUT2D eigenvalue weighted by molar-refractivity contribution is -0.312. The van der Waals surface area contributed by atoms with E-state index in [1.54, 1.807) is 5.32 Å². The molecule has 0 heterocycles. The van der Waals surface area contributed by atoms with Crippen LogP contribution in [0.3, 0.4) is 0 Å². The molecule has 0 aliphatic heterocycles. The predicted octanol–water partition coefficient (Wildman–Crippen LogP) is 2.43. The molecule has 11 heteroatoms. The van der Waals surface area contributed by atoms with E-state index in [-0.39, 0.29) is 12.8 Å². The lowest BCUT2D eigenvalue weighted by atomic mass is 9.88. The number of carbonyl (C=O) groups is 2. The predicted molar refractivity (Wildman–Crippen MR) is 67.2 cm³/mol. The summed E-state index contributed by atoms with van der Waals surface area (Å²) in [6.07, 6.45) is -9.67. The fraction of sp³-hybridized carbons (Fsp3) is 0.833. The fourth-order valence-corrected chi connectivity index (χ4v) is 2.36. The second kappa shape index (κ2) is 6.83. The molecule has 1 aliphatic carbocycles. The summed E-state index contributed by atoms with van der Waals surface area (Å²) < 4.78 is 78.7. The number of amides is 3. The van der Waals surface area contributed by atoms with Crippen LogP contribution in [0, 0.1) is 5.92 Å². The van der Waals surface area contributed by atoms with E-state index in [0.717, 1.165) is 24.1 Å². The summed E-state index contributed by atoms with van der Waals surface area (Å²) in [4.78, 5) is 23.0. The molecule has 3 amide bonds. The number of urea groups is 1. The topological polar surface area (TPSA) is 70.2 Å². The Bertz CT molecular complexity index is 429. The third-order valence-corrected chi connectivity index (χ3v) is 3.67. The molecule has 0 aromatic rings. The van der Waals surface area contributed by atoms with Crippen LogP contribution in [0.1, 0.15) is 32.1 Å². The molecule has 0 spiro atoms. The number of rotatable bonds is 3. The van der Waals surface area contributed by atoms with E-state index < -0.39 is 35.9 Å². The van der Waals surface area contributed by atoms with Gasteiger partial charge in [0, 0.05) is 13.0 Å². The fourth-order valence-electron chi connectivity index (χ4n) is 2.36. The van der Waals surface area contributed by atoms with Gasteiger partial charge in [-0.05, 0) is 12.8 Å². The van der Waals surface area contributed by atoms with E-state index in [9.17, 15) is 35.9 Å². The molecule has 1 fully saturated rings. The van der Waals surface area contributed by atoms with E-state index in [1.807, 2.05) is 0 Å². The van der Waals surface area contributed by atoms with E-state index in [2.05, 4.69) is 0 Å². The molecule has 1 rings (SSSR count). The van der Waals surface area contributed by atoms with E-state index in [4.69, 9.17) is 0 Å². The summed E-state index contributed by atoms with van der Waals surface area (Å²) in [5, 5.41) is 3.40. The molecule has 0 aromatic carbocycles. The highest BCUT2D eigenvalue weighted by molar-refractivity contribution is 5.81. The molecule has 0 aromatic heterocycles. The van der Waals surface area contributed by atoms with Gasteiger partial charge in [-0.15, -0.1) is 0 Å². The molecular formula is C12H17F6N3O2. The van der Waals surface area contributed by atoms with Crippen LogP contribution in [0.4, 0.5) is 31.1 Å². The first-order valence-electron chi connectivity index (χ1n) is 6.90. The Labute approximate surface area is 128 Å². The van der Waals surface area contributed by atoms with Crippen molar-refractivity contribution in [3.63, 3.8) is 0 Å². The van der Waals surface area contributed by atoms with Gasteiger partial charge in [0.05, 0.1) is 0 Å². The van der Waals surface area contributed by atoms with Crippen LogP contribution < -0.4 is 16.0 Å². The van der Waals surface area contributed by atoms with Crippen molar-refractivity contribution in [2.24, 2.45) is 5.92 Å². The Hall–Kier alpha value is -1.68. The van der Waals surface area contributed by atoms with E-state index in [0.29, 0.717) is 12.8 Å². The maximum Gasteiger partial charge on any atom is 0.439 e. The van der Waals surface area contributed by atoms with Crippen molar-refractivity contribution in [3.8, 4) is 0 Å². The molecule has 1 aliphatic rings. The molecule has 23 heavy (non-hydrogen) atoms. The number of halogens is 6. The Morgan fingerprint density at radius 1 is 0.870 bits per heavy atom. The Kier molecular flexibility index (Phi) is 5.75. The molecule has 134 valence electrons. The summed E-state index contributed by atoms with van der Waals surface area (Å²) in [6.45, 7) is 0. The highest BCUT2D eigenvalue weighted by Gasteiger charge is 2.73. The minimum atomic E-state index is -5.97. The molecule has 0 unspecified atom stereocenters. The van der Waals surface area contributed by atoms with Crippen molar-refractivity contribution in [2.75, 3.05) is 7.05 Å². The average molecular weight is 349 g/mol. The van der Waals surface area contributed by atoms with Crippen LogP contribution in [0.25, 0.3) is 0 Å². The van der Waals surface area contributed by atoms with Gasteiger partial charge < -0.3 is 10.6 Å². The lowest BCUT2D eigenvalue weighted by Gasteiger charge is -2.39. The van der Waals surface area contributed by atoms with Gasteiger partial charge in [0.1, 0.15) is 0 Å². The van der Waals surface area contributed by atoms with Crippen molar-refractivity contribution < 1.29 is 35.9 Å². The monoisotopic (exact) mass is 349 g/mol. The number of alkyl halides is 6. The Morgan fingerprint density at radius 3 is 1.74 bits per heavy atom. The zero-order chi connectivity index (χ0) is 17.9. The van der Waals surface area contributed by atoms with Crippen molar-refractivity contribution in [3.05, 3.63) is 0 Å². The minimum absolute atomic E-state index is 0.206. The van der Waals surface area contributed by atoms with Gasteiger partial charge in [0.2, 0.25) is 5.91 Å². The summed E-state index contributed by atoms with van der Waals surface area (Å²) in [6, 6.07) is -1.72. The van der Waals surface area contributed by atoms with Gasteiger partial charge in [-0.1, -0.05) is 19.3 Å². The zero-order valence-electron chi connectivity index (χ0n) is 12.2. The summed E-state index contributed by atoms with van der Waals surface area (Å²) in [5.74, 6) is -2.32. The number of hydrogen-bond donors (Lipinski definition) is 3. The van der Waals surface area contributed by atoms with Crippen LogP contribution in [0.5, 0.6) is 0 Å².